The van der Waals surface area contributed by atoms with E-state index in [1.165, 1.54) is 0 Å². The van der Waals surface area contributed by atoms with Crippen LogP contribution in [0.15, 0.2) is 119 Å². The van der Waals surface area contributed by atoms with Crippen molar-refractivity contribution in [2.45, 2.75) is 24.8 Å². The molecule has 6 rings (SSSR count). The normalized spacial score (nSPS) is 11.8. The number of halogens is 2. The van der Waals surface area contributed by atoms with Crippen molar-refractivity contribution in [1.82, 2.24) is 9.89 Å². The molecule has 1 N–H and O–H groups in total. The highest BCUT2D eigenvalue weighted by Crippen LogP contribution is 2.43. The van der Waals surface area contributed by atoms with Crippen molar-refractivity contribution in [3.63, 3.8) is 0 Å². The molecule has 0 radical (unpaired) electrons. The Morgan fingerprint density at radius 1 is 0.795 bits per heavy atom. The maximum atomic E-state index is 6.62. The zero-order valence-electron chi connectivity index (χ0n) is 25.5. The fourth-order valence-corrected chi connectivity index (χ4v) is 5.78. The van der Waals surface area contributed by atoms with Crippen LogP contribution < -0.4 is 20.1 Å². The molecule has 224 valence electrons. The van der Waals surface area contributed by atoms with Crippen LogP contribution in [0, 0.1) is 0 Å². The van der Waals surface area contributed by atoms with Gasteiger partial charge < -0.3 is 14.6 Å². The minimum Gasteiger partial charge on any atom is -0.456 e. The maximum absolute atomic E-state index is 6.62. The number of hydrogen-bond donors (Lipinski definition) is 2. The smallest absolute Gasteiger partial charge is 0.224 e. The van der Waals surface area contributed by atoms with Crippen LogP contribution in [-0.4, -0.2) is 27.2 Å². The molecule has 44 heavy (non-hydrogen) atoms. The van der Waals surface area contributed by atoms with Gasteiger partial charge in [-0.3, -0.25) is 0 Å². The molecule has 0 saturated carbocycles. The number of hydrogen-bond acceptors (Lipinski definition) is 4. The number of nitrogens with zero attached hydrogens (tertiary/aromatic N) is 2. The number of fused-ring (bicyclic) bond motifs is 2. The van der Waals surface area contributed by atoms with E-state index in [2.05, 4.69) is 71.1 Å². The van der Waals surface area contributed by atoms with Crippen molar-refractivity contribution in [2.24, 2.45) is 0 Å². The highest BCUT2D eigenvalue weighted by atomic mass is 35.5. The Morgan fingerprint density at radius 3 is 2.14 bits per heavy atom. The Morgan fingerprint density at radius 2 is 1.45 bits per heavy atom. The summed E-state index contributed by atoms with van der Waals surface area (Å²) < 4.78 is 8.68. The molecule has 0 spiro atoms. The number of para-hydroxylation sites is 2. The van der Waals surface area contributed by atoms with E-state index in [1.807, 2.05) is 87.9 Å². The Hall–Kier alpha value is -3.74. The monoisotopic (exact) mass is 640 g/mol. The summed E-state index contributed by atoms with van der Waals surface area (Å²) in [6.45, 7) is 4.22. The van der Waals surface area contributed by atoms with Gasteiger partial charge in [0.1, 0.15) is 23.4 Å². The fourth-order valence-electron chi connectivity index (χ4n) is 4.99. The number of rotatable bonds is 5. The van der Waals surface area contributed by atoms with Crippen molar-refractivity contribution < 1.29 is 4.42 Å². The second kappa shape index (κ2) is 13.9. The molecule has 4 aromatic carbocycles. The molecule has 2 aliphatic rings. The Kier molecular flexibility index (Phi) is 10.0. The van der Waals surface area contributed by atoms with Gasteiger partial charge in [0, 0.05) is 58.4 Å². The van der Waals surface area contributed by atoms with Crippen molar-refractivity contribution in [3.8, 4) is 22.5 Å². The van der Waals surface area contributed by atoms with E-state index in [1.54, 1.807) is 0 Å². The van der Waals surface area contributed by atoms with Gasteiger partial charge in [0.25, 0.3) is 0 Å². The zero-order valence-corrected chi connectivity index (χ0v) is 27.9. The molecule has 0 unspecified atom stereocenters. The SMILES string of the molecule is CN(c1ccc2c(-c3ccccc3S)c3ccc(=[N+](C)c4ccccc4Cl)cc-3oc2c1)c1ccccc1Cl.CNC(C)C. The van der Waals surface area contributed by atoms with Gasteiger partial charge in [0.2, 0.25) is 11.0 Å². The first-order valence-corrected chi connectivity index (χ1v) is 15.7. The molecule has 0 atom stereocenters. The molecule has 0 fully saturated rings. The van der Waals surface area contributed by atoms with E-state index < -0.39 is 0 Å². The van der Waals surface area contributed by atoms with Crippen LogP contribution >= 0.6 is 35.8 Å². The van der Waals surface area contributed by atoms with Crippen molar-refractivity contribution >= 4 is 63.9 Å². The summed E-state index contributed by atoms with van der Waals surface area (Å²) in [5.41, 5.74) is 6.71. The molecule has 1 aliphatic heterocycles. The van der Waals surface area contributed by atoms with E-state index in [0.717, 1.165) is 60.7 Å². The number of benzene rings is 5. The van der Waals surface area contributed by atoms with Crippen LogP contribution in [0.5, 0.6) is 0 Å². The number of anilines is 2. The molecule has 7 heteroatoms. The summed E-state index contributed by atoms with van der Waals surface area (Å²) in [6, 6.07) is 36.9. The van der Waals surface area contributed by atoms with Gasteiger partial charge in [-0.15, -0.1) is 12.6 Å². The fraction of sp³-hybridized carbons (Fsp3) is 0.162. The predicted octanol–water partition coefficient (Wildman–Crippen LogP) is 9.92. The van der Waals surface area contributed by atoms with E-state index in [4.69, 9.17) is 40.2 Å². The summed E-state index contributed by atoms with van der Waals surface area (Å²) in [4.78, 5) is 2.97. The van der Waals surface area contributed by atoms with Crippen molar-refractivity contribution in [2.75, 3.05) is 26.0 Å². The van der Waals surface area contributed by atoms with Gasteiger partial charge in [-0.2, -0.15) is 4.58 Å². The third-order valence-electron chi connectivity index (χ3n) is 7.64. The van der Waals surface area contributed by atoms with Gasteiger partial charge in [0.05, 0.1) is 16.8 Å². The first-order chi connectivity index (χ1) is 21.2. The number of thiol groups is 1. The molecule has 4 nitrogen and oxygen atoms in total. The van der Waals surface area contributed by atoms with Crippen LogP contribution in [0.4, 0.5) is 17.1 Å². The molecule has 4 aromatic rings. The van der Waals surface area contributed by atoms with Gasteiger partial charge in [0.15, 0.2) is 0 Å². The molecule has 0 saturated heterocycles. The lowest BCUT2D eigenvalue weighted by molar-refractivity contribution is 0.618. The molecule has 1 aliphatic carbocycles. The summed E-state index contributed by atoms with van der Waals surface area (Å²) in [6.07, 6.45) is 0. The average Bonchev–Trinajstić information content (AvgIpc) is 3.03. The number of nitrogens with one attached hydrogen (secondary N) is 1. The lowest BCUT2D eigenvalue weighted by Crippen LogP contribution is -2.21. The Balaban J connectivity index is 0.000000712. The summed E-state index contributed by atoms with van der Waals surface area (Å²) in [7, 11) is 5.96. The van der Waals surface area contributed by atoms with Crippen LogP contribution in [0.3, 0.4) is 0 Å². The predicted molar refractivity (Wildman–Crippen MR) is 192 cm³/mol. The van der Waals surface area contributed by atoms with Crippen molar-refractivity contribution in [3.05, 3.63) is 125 Å². The molecule has 1 heterocycles. The van der Waals surface area contributed by atoms with Crippen LogP contribution in [0.2, 0.25) is 10.0 Å². The molecule has 0 amide bonds. The van der Waals surface area contributed by atoms with Gasteiger partial charge >= 0.3 is 0 Å². The van der Waals surface area contributed by atoms with Crippen LogP contribution in [0.1, 0.15) is 13.8 Å². The highest BCUT2D eigenvalue weighted by molar-refractivity contribution is 7.80. The summed E-state index contributed by atoms with van der Waals surface area (Å²) in [5, 5.41) is 6.38. The highest BCUT2D eigenvalue weighted by Gasteiger charge is 2.21. The standard InChI is InChI=1S/C33H24Cl2N2OS.C4H11N/c1-36(28-12-6-4-10-26(28)34)21-15-17-23-30(19-21)38-31-20-22(37(2)29-13-7-5-11-27(29)35)16-18-24(31)33(23)25-9-3-8-14-32(25)39;1-4(2)5-3/h3-20H,1-2H3;4-5H,1-3H3/p+1. The van der Waals surface area contributed by atoms with Crippen molar-refractivity contribution in [1.29, 1.82) is 0 Å². The molecule has 0 aromatic heterocycles. The van der Waals surface area contributed by atoms with Gasteiger partial charge in [-0.1, -0.05) is 79.5 Å². The van der Waals surface area contributed by atoms with Crippen LogP contribution in [0.25, 0.3) is 33.4 Å². The van der Waals surface area contributed by atoms with E-state index in [-0.39, 0.29) is 0 Å². The van der Waals surface area contributed by atoms with Gasteiger partial charge in [-0.05, 0) is 55.1 Å². The van der Waals surface area contributed by atoms with E-state index in [9.17, 15) is 0 Å². The largest absolute Gasteiger partial charge is 0.456 e. The summed E-state index contributed by atoms with van der Waals surface area (Å²) >= 11 is 17.8. The second-order valence-corrected chi connectivity index (χ2v) is 12.1. The van der Waals surface area contributed by atoms with Crippen LogP contribution in [-0.2, 0) is 0 Å². The lowest BCUT2D eigenvalue weighted by Gasteiger charge is -2.22. The first kappa shape index (κ1) is 31.7. The van der Waals surface area contributed by atoms with E-state index >= 15 is 0 Å². The summed E-state index contributed by atoms with van der Waals surface area (Å²) in [5.74, 6) is 0.767. The zero-order chi connectivity index (χ0) is 31.4. The van der Waals surface area contributed by atoms with E-state index in [0.29, 0.717) is 16.1 Å². The third kappa shape index (κ3) is 6.67. The molecule has 0 bridgehead atoms. The second-order valence-electron chi connectivity index (χ2n) is 10.8. The topological polar surface area (TPSA) is 31.4 Å². The average molecular weight is 642 g/mol. The quantitative estimate of drug-likeness (QED) is 0.112. The minimum absolute atomic E-state index is 0.634. The Bertz CT molecular complexity index is 1970. The minimum atomic E-state index is 0.634. The van der Waals surface area contributed by atoms with Gasteiger partial charge in [-0.25, -0.2) is 0 Å². The maximum Gasteiger partial charge on any atom is 0.224 e. The third-order valence-corrected chi connectivity index (χ3v) is 8.67. The molecular weight excluding hydrogens is 605 g/mol. The first-order valence-electron chi connectivity index (χ1n) is 14.5. The lowest BCUT2D eigenvalue weighted by atomic mass is 9.93. The Labute approximate surface area is 274 Å². The molecular formula is C37H36Cl2N3OS+.